The van der Waals surface area contributed by atoms with Gasteiger partial charge in [0.05, 0.1) is 19.4 Å². The number of ether oxygens (including phenoxy) is 2. The number of thiazole rings is 1. The normalized spacial score (nSPS) is 10.8. The van der Waals surface area contributed by atoms with Gasteiger partial charge in [0, 0.05) is 5.38 Å². The van der Waals surface area contributed by atoms with Crippen LogP contribution in [-0.2, 0) is 0 Å². The number of anilines is 2. The fourth-order valence-corrected chi connectivity index (χ4v) is 2.20. The Balaban J connectivity index is 2.07. The standard InChI is InChI=1S/C14H18N4O2S/c1-3-19-11-6-5-10(7-12(11)20-4-2)8-16-18-14-17-13(15)9-21-14/h5-9H,3-4,15H2,1-2H3,(H,17,18). The molecule has 0 aliphatic heterocycles. The Hall–Kier alpha value is -2.28. The van der Waals surface area contributed by atoms with Gasteiger partial charge < -0.3 is 15.2 Å². The molecule has 0 saturated heterocycles. The lowest BCUT2D eigenvalue weighted by atomic mass is 10.2. The average molecular weight is 306 g/mol. The Morgan fingerprint density at radius 2 is 2.05 bits per heavy atom. The van der Waals surface area contributed by atoms with E-state index in [1.165, 1.54) is 11.3 Å². The fourth-order valence-electron chi connectivity index (χ4n) is 1.65. The van der Waals surface area contributed by atoms with E-state index in [4.69, 9.17) is 15.2 Å². The molecule has 1 heterocycles. The number of rotatable bonds is 7. The zero-order valence-corrected chi connectivity index (χ0v) is 12.8. The number of aromatic nitrogens is 1. The van der Waals surface area contributed by atoms with Gasteiger partial charge >= 0.3 is 0 Å². The van der Waals surface area contributed by atoms with Crippen molar-refractivity contribution in [2.75, 3.05) is 24.4 Å². The molecule has 3 N–H and O–H groups in total. The van der Waals surface area contributed by atoms with Crippen LogP contribution in [0.25, 0.3) is 0 Å². The summed E-state index contributed by atoms with van der Waals surface area (Å²) in [6.45, 7) is 5.05. The Morgan fingerprint density at radius 3 is 2.71 bits per heavy atom. The van der Waals surface area contributed by atoms with Crippen molar-refractivity contribution in [2.24, 2.45) is 5.10 Å². The third kappa shape index (κ3) is 4.35. The number of hydrogen-bond acceptors (Lipinski definition) is 7. The van der Waals surface area contributed by atoms with Gasteiger partial charge in [-0.2, -0.15) is 5.10 Å². The Labute approximate surface area is 127 Å². The molecule has 0 atom stereocenters. The first-order chi connectivity index (χ1) is 10.2. The van der Waals surface area contributed by atoms with Crippen molar-refractivity contribution < 1.29 is 9.47 Å². The summed E-state index contributed by atoms with van der Waals surface area (Å²) in [4.78, 5) is 4.05. The molecule has 0 aliphatic rings. The highest BCUT2D eigenvalue weighted by Gasteiger charge is 2.05. The van der Waals surface area contributed by atoms with E-state index in [2.05, 4.69) is 15.5 Å². The van der Waals surface area contributed by atoms with Crippen molar-refractivity contribution in [1.29, 1.82) is 0 Å². The van der Waals surface area contributed by atoms with Crippen LogP contribution in [0.1, 0.15) is 19.4 Å². The summed E-state index contributed by atoms with van der Waals surface area (Å²) < 4.78 is 11.1. The maximum absolute atomic E-state index is 5.56. The minimum Gasteiger partial charge on any atom is -0.490 e. The highest BCUT2D eigenvalue weighted by Crippen LogP contribution is 2.28. The molecule has 0 spiro atoms. The second-order valence-corrected chi connectivity index (χ2v) is 4.88. The number of nitrogens with one attached hydrogen (secondary N) is 1. The smallest absolute Gasteiger partial charge is 0.205 e. The van der Waals surface area contributed by atoms with Crippen molar-refractivity contribution in [2.45, 2.75) is 13.8 Å². The van der Waals surface area contributed by atoms with Gasteiger partial charge in [-0.1, -0.05) is 0 Å². The minimum absolute atomic E-state index is 0.484. The first kappa shape index (κ1) is 15.1. The minimum atomic E-state index is 0.484. The van der Waals surface area contributed by atoms with E-state index in [1.54, 1.807) is 11.6 Å². The molecule has 2 rings (SSSR count). The number of benzene rings is 1. The van der Waals surface area contributed by atoms with E-state index < -0.39 is 0 Å². The third-order valence-corrected chi connectivity index (χ3v) is 3.23. The Kier molecular flexibility index (Phi) is 5.39. The van der Waals surface area contributed by atoms with Crippen LogP contribution < -0.4 is 20.6 Å². The molecular formula is C14H18N4O2S. The first-order valence-corrected chi connectivity index (χ1v) is 7.50. The number of nitrogens with zero attached hydrogens (tertiary/aromatic N) is 2. The molecule has 0 bridgehead atoms. The summed E-state index contributed by atoms with van der Waals surface area (Å²) in [6.07, 6.45) is 1.69. The van der Waals surface area contributed by atoms with Gasteiger partial charge in [-0.25, -0.2) is 4.98 Å². The van der Waals surface area contributed by atoms with E-state index in [-0.39, 0.29) is 0 Å². The maximum Gasteiger partial charge on any atom is 0.205 e. The van der Waals surface area contributed by atoms with Crippen molar-refractivity contribution in [3.8, 4) is 11.5 Å². The molecule has 6 nitrogen and oxygen atoms in total. The SMILES string of the molecule is CCOc1ccc(C=NNc2nc(N)cs2)cc1OCC. The third-order valence-electron chi connectivity index (χ3n) is 2.46. The van der Waals surface area contributed by atoms with Crippen LogP contribution in [0.4, 0.5) is 10.9 Å². The van der Waals surface area contributed by atoms with Gasteiger partial charge in [0.15, 0.2) is 11.5 Å². The highest BCUT2D eigenvalue weighted by atomic mass is 32.1. The largest absolute Gasteiger partial charge is 0.490 e. The van der Waals surface area contributed by atoms with Crippen LogP contribution in [0.2, 0.25) is 0 Å². The number of nitrogens with two attached hydrogens (primary N) is 1. The highest BCUT2D eigenvalue weighted by molar-refractivity contribution is 7.14. The van der Waals surface area contributed by atoms with E-state index in [0.29, 0.717) is 29.9 Å². The van der Waals surface area contributed by atoms with E-state index in [1.807, 2.05) is 32.0 Å². The summed E-state index contributed by atoms with van der Waals surface area (Å²) in [5, 5.41) is 6.53. The van der Waals surface area contributed by atoms with Gasteiger partial charge in [0.25, 0.3) is 0 Å². The van der Waals surface area contributed by atoms with Gasteiger partial charge in [-0.05, 0) is 37.6 Å². The van der Waals surface area contributed by atoms with Gasteiger partial charge in [0.2, 0.25) is 5.13 Å². The number of hydrogen-bond donors (Lipinski definition) is 2. The molecule has 0 saturated carbocycles. The second-order valence-electron chi connectivity index (χ2n) is 4.02. The molecule has 1 aromatic heterocycles. The molecule has 0 unspecified atom stereocenters. The summed E-state index contributed by atoms with van der Waals surface area (Å²) in [5.41, 5.74) is 9.27. The molecule has 112 valence electrons. The molecule has 0 amide bonds. The molecule has 0 radical (unpaired) electrons. The number of hydrazone groups is 1. The van der Waals surface area contributed by atoms with Gasteiger partial charge in [-0.3, -0.25) is 5.43 Å². The first-order valence-electron chi connectivity index (χ1n) is 6.62. The molecule has 7 heteroatoms. The lowest BCUT2D eigenvalue weighted by molar-refractivity contribution is 0.288. The fraction of sp³-hybridized carbons (Fsp3) is 0.286. The van der Waals surface area contributed by atoms with Gasteiger partial charge in [-0.15, -0.1) is 11.3 Å². The van der Waals surface area contributed by atoms with Crippen LogP contribution in [0, 0.1) is 0 Å². The van der Waals surface area contributed by atoms with Crippen molar-refractivity contribution >= 4 is 28.5 Å². The van der Waals surface area contributed by atoms with Crippen LogP contribution >= 0.6 is 11.3 Å². The lowest BCUT2D eigenvalue weighted by Gasteiger charge is -2.11. The van der Waals surface area contributed by atoms with Crippen LogP contribution in [0.15, 0.2) is 28.7 Å². The Bertz CT molecular complexity index is 613. The van der Waals surface area contributed by atoms with E-state index in [0.717, 1.165) is 11.3 Å². The van der Waals surface area contributed by atoms with Crippen molar-refractivity contribution in [3.05, 3.63) is 29.1 Å². The molecule has 0 aliphatic carbocycles. The maximum atomic E-state index is 5.56. The van der Waals surface area contributed by atoms with Crippen molar-refractivity contribution in [3.63, 3.8) is 0 Å². The van der Waals surface area contributed by atoms with Crippen LogP contribution in [-0.4, -0.2) is 24.4 Å². The quantitative estimate of drug-likeness (QED) is 0.607. The molecule has 2 aromatic rings. The van der Waals surface area contributed by atoms with Crippen molar-refractivity contribution in [1.82, 2.24) is 4.98 Å². The molecule has 0 fully saturated rings. The molecule has 1 aromatic carbocycles. The Morgan fingerprint density at radius 1 is 1.29 bits per heavy atom. The molecule has 21 heavy (non-hydrogen) atoms. The summed E-state index contributed by atoms with van der Waals surface area (Å²) in [5.74, 6) is 1.93. The molecular weight excluding hydrogens is 288 g/mol. The van der Waals surface area contributed by atoms with E-state index in [9.17, 15) is 0 Å². The summed E-state index contributed by atoms with van der Waals surface area (Å²) in [7, 11) is 0. The summed E-state index contributed by atoms with van der Waals surface area (Å²) in [6, 6.07) is 5.67. The topological polar surface area (TPSA) is 81.8 Å². The van der Waals surface area contributed by atoms with Crippen LogP contribution in [0.5, 0.6) is 11.5 Å². The van der Waals surface area contributed by atoms with Gasteiger partial charge in [0.1, 0.15) is 5.82 Å². The average Bonchev–Trinajstić information content (AvgIpc) is 2.88. The zero-order chi connectivity index (χ0) is 15.1. The predicted molar refractivity (Wildman–Crippen MR) is 86.5 cm³/mol. The number of nitrogen functional groups attached to an aromatic ring is 1. The second kappa shape index (κ2) is 7.49. The summed E-state index contributed by atoms with van der Waals surface area (Å²) >= 11 is 1.40. The zero-order valence-electron chi connectivity index (χ0n) is 12.0. The van der Waals surface area contributed by atoms with Crippen LogP contribution in [0.3, 0.4) is 0 Å². The lowest BCUT2D eigenvalue weighted by Crippen LogP contribution is -1.99. The van der Waals surface area contributed by atoms with E-state index >= 15 is 0 Å². The monoisotopic (exact) mass is 306 g/mol. The predicted octanol–water partition coefficient (Wildman–Crippen LogP) is 2.97.